The number of para-hydroxylation sites is 1. The van der Waals surface area contributed by atoms with Crippen LogP contribution >= 0.6 is 0 Å². The van der Waals surface area contributed by atoms with Gasteiger partial charge in [-0.05, 0) is 56.4 Å². The number of unbranched alkanes of at least 4 members (excludes halogenated alkanes) is 1. The van der Waals surface area contributed by atoms with E-state index in [1.165, 1.54) is 0 Å². The van der Waals surface area contributed by atoms with Crippen LogP contribution in [0.15, 0.2) is 65.0 Å². The SMILES string of the molecule is CCCCOc1ccccc1C1C(C(=O)OCC)=C(C)NC2=C1C(=O)CC(c1ccc(OC)c(OC)c1)C2. The lowest BCUT2D eigenvalue weighted by Gasteiger charge is -2.37. The summed E-state index contributed by atoms with van der Waals surface area (Å²) < 4.78 is 22.5. The summed E-state index contributed by atoms with van der Waals surface area (Å²) in [6.45, 7) is 6.58. The van der Waals surface area contributed by atoms with Crippen LogP contribution in [0.2, 0.25) is 0 Å². The average Bonchev–Trinajstić information content (AvgIpc) is 2.92. The molecule has 1 aliphatic carbocycles. The maximum atomic E-state index is 13.9. The lowest BCUT2D eigenvalue weighted by molar-refractivity contribution is -0.138. The van der Waals surface area contributed by atoms with Crippen LogP contribution < -0.4 is 19.5 Å². The van der Waals surface area contributed by atoms with Crippen LogP contribution in [0.5, 0.6) is 17.2 Å². The lowest BCUT2D eigenvalue weighted by atomic mass is 9.71. The summed E-state index contributed by atoms with van der Waals surface area (Å²) in [6, 6.07) is 13.5. The minimum absolute atomic E-state index is 0.00111. The summed E-state index contributed by atoms with van der Waals surface area (Å²) in [4.78, 5) is 27.1. The fourth-order valence-electron chi connectivity index (χ4n) is 5.35. The van der Waals surface area contributed by atoms with Gasteiger partial charge in [-0.3, -0.25) is 4.79 Å². The van der Waals surface area contributed by atoms with E-state index in [2.05, 4.69) is 12.2 Å². The molecular weight excluding hydrogens is 482 g/mol. The number of nitrogens with one attached hydrogen (secondary N) is 1. The summed E-state index contributed by atoms with van der Waals surface area (Å²) >= 11 is 0. The predicted molar refractivity (Wildman–Crippen MR) is 146 cm³/mol. The van der Waals surface area contributed by atoms with E-state index in [9.17, 15) is 9.59 Å². The Labute approximate surface area is 224 Å². The standard InChI is InChI=1S/C31H37NO6/c1-6-8-15-38-25-12-10-9-11-22(25)29-28(31(34)37-7-2)19(3)32-23-16-21(17-24(33)30(23)29)20-13-14-26(35-4)27(18-20)36-5/h9-14,18,21,29,32H,6-8,15-17H2,1-5H3. The van der Waals surface area contributed by atoms with Gasteiger partial charge < -0.3 is 24.3 Å². The fourth-order valence-corrected chi connectivity index (χ4v) is 5.35. The molecule has 202 valence electrons. The number of ketones is 1. The second-order valence-corrected chi connectivity index (χ2v) is 9.59. The van der Waals surface area contributed by atoms with Crippen molar-refractivity contribution >= 4 is 11.8 Å². The van der Waals surface area contributed by atoms with Crippen molar-refractivity contribution in [3.05, 3.63) is 76.1 Å². The topological polar surface area (TPSA) is 83.1 Å². The molecule has 1 N–H and O–H groups in total. The monoisotopic (exact) mass is 519 g/mol. The maximum Gasteiger partial charge on any atom is 0.336 e. The first-order valence-corrected chi connectivity index (χ1v) is 13.3. The van der Waals surface area contributed by atoms with E-state index < -0.39 is 11.9 Å². The highest BCUT2D eigenvalue weighted by Crippen LogP contribution is 2.48. The molecule has 4 rings (SSSR count). The number of carbonyl (C=O) groups is 2. The minimum Gasteiger partial charge on any atom is -0.493 e. The molecule has 2 aromatic rings. The average molecular weight is 520 g/mol. The van der Waals surface area contributed by atoms with E-state index in [0.29, 0.717) is 53.5 Å². The summed E-state index contributed by atoms with van der Waals surface area (Å²) in [6.07, 6.45) is 2.87. The lowest BCUT2D eigenvalue weighted by Crippen LogP contribution is -2.36. The Kier molecular flexibility index (Phi) is 8.77. The summed E-state index contributed by atoms with van der Waals surface area (Å²) in [5.74, 6) is 0.930. The molecule has 2 aromatic carbocycles. The number of allylic oxidation sites excluding steroid dienone is 3. The summed E-state index contributed by atoms with van der Waals surface area (Å²) in [7, 11) is 3.21. The van der Waals surface area contributed by atoms with Crippen molar-refractivity contribution in [3.63, 3.8) is 0 Å². The summed E-state index contributed by atoms with van der Waals surface area (Å²) in [5, 5.41) is 3.40. The van der Waals surface area contributed by atoms with E-state index in [1.807, 2.05) is 49.4 Å². The molecule has 38 heavy (non-hydrogen) atoms. The largest absolute Gasteiger partial charge is 0.493 e. The molecule has 1 heterocycles. The molecule has 7 nitrogen and oxygen atoms in total. The van der Waals surface area contributed by atoms with Crippen molar-refractivity contribution in [1.29, 1.82) is 0 Å². The molecular formula is C31H37NO6. The van der Waals surface area contributed by atoms with Crippen molar-refractivity contribution in [3.8, 4) is 17.2 Å². The number of dihydropyridines is 1. The molecule has 2 atom stereocenters. The molecule has 0 aromatic heterocycles. The van der Waals surface area contributed by atoms with Gasteiger partial charge in [-0.15, -0.1) is 0 Å². The summed E-state index contributed by atoms with van der Waals surface area (Å²) in [5.41, 5.74) is 4.40. The third kappa shape index (κ3) is 5.42. The van der Waals surface area contributed by atoms with Gasteiger partial charge in [0.05, 0.1) is 38.9 Å². The van der Waals surface area contributed by atoms with Crippen molar-refractivity contribution < 1.29 is 28.5 Å². The minimum atomic E-state index is -0.568. The third-order valence-corrected chi connectivity index (χ3v) is 7.19. The molecule has 0 bridgehead atoms. The highest BCUT2D eigenvalue weighted by Gasteiger charge is 2.42. The molecule has 0 saturated carbocycles. The zero-order valence-corrected chi connectivity index (χ0v) is 22.9. The number of Topliss-reactive ketones (excluding diaryl/α,β-unsaturated/α-hetero) is 1. The second kappa shape index (κ2) is 12.2. The molecule has 1 aliphatic heterocycles. The van der Waals surface area contributed by atoms with Gasteiger partial charge in [0.1, 0.15) is 5.75 Å². The number of benzene rings is 2. The Morgan fingerprint density at radius 2 is 1.76 bits per heavy atom. The van der Waals surface area contributed by atoms with E-state index in [-0.39, 0.29) is 18.3 Å². The van der Waals surface area contributed by atoms with E-state index in [0.717, 1.165) is 29.7 Å². The first-order chi connectivity index (χ1) is 18.4. The van der Waals surface area contributed by atoms with Crippen LogP contribution in [0, 0.1) is 0 Å². The Bertz CT molecular complexity index is 1260. The smallest absolute Gasteiger partial charge is 0.336 e. The normalized spacial score (nSPS) is 19.0. The second-order valence-electron chi connectivity index (χ2n) is 9.59. The predicted octanol–water partition coefficient (Wildman–Crippen LogP) is 5.81. The third-order valence-electron chi connectivity index (χ3n) is 7.19. The Morgan fingerprint density at radius 1 is 1.00 bits per heavy atom. The molecule has 2 aliphatic rings. The van der Waals surface area contributed by atoms with Crippen LogP contribution in [-0.2, 0) is 14.3 Å². The molecule has 0 radical (unpaired) electrons. The zero-order valence-electron chi connectivity index (χ0n) is 22.9. The molecule has 0 fully saturated rings. The van der Waals surface area contributed by atoms with Gasteiger partial charge in [-0.25, -0.2) is 4.79 Å². The molecule has 0 spiro atoms. The Hall–Kier alpha value is -3.74. The van der Waals surface area contributed by atoms with E-state index >= 15 is 0 Å². The number of hydrogen-bond donors (Lipinski definition) is 1. The van der Waals surface area contributed by atoms with Gasteiger partial charge in [0.2, 0.25) is 0 Å². The van der Waals surface area contributed by atoms with Gasteiger partial charge in [-0.2, -0.15) is 0 Å². The number of ether oxygens (including phenoxy) is 4. The highest BCUT2D eigenvalue weighted by molar-refractivity contribution is 6.04. The van der Waals surface area contributed by atoms with Gasteiger partial charge >= 0.3 is 5.97 Å². The number of rotatable bonds is 10. The Balaban J connectivity index is 1.78. The van der Waals surface area contributed by atoms with Gasteiger partial charge in [-0.1, -0.05) is 37.6 Å². The van der Waals surface area contributed by atoms with Gasteiger partial charge in [0.15, 0.2) is 17.3 Å². The maximum absolute atomic E-state index is 13.9. The van der Waals surface area contributed by atoms with Crippen LogP contribution in [0.1, 0.15) is 69.4 Å². The number of esters is 1. The molecule has 0 amide bonds. The van der Waals surface area contributed by atoms with Crippen LogP contribution in [0.3, 0.4) is 0 Å². The quantitative estimate of drug-likeness (QED) is 0.313. The first-order valence-electron chi connectivity index (χ1n) is 13.3. The fraction of sp³-hybridized carbons (Fsp3) is 0.419. The zero-order chi connectivity index (χ0) is 27.2. The highest BCUT2D eigenvalue weighted by atomic mass is 16.5. The number of carbonyl (C=O) groups excluding carboxylic acids is 2. The van der Waals surface area contributed by atoms with Gasteiger partial charge in [0.25, 0.3) is 0 Å². The van der Waals surface area contributed by atoms with Crippen LogP contribution in [0.4, 0.5) is 0 Å². The molecule has 7 heteroatoms. The van der Waals surface area contributed by atoms with Crippen LogP contribution in [0.25, 0.3) is 0 Å². The van der Waals surface area contributed by atoms with Gasteiger partial charge in [0, 0.05) is 29.0 Å². The van der Waals surface area contributed by atoms with Crippen LogP contribution in [-0.4, -0.2) is 39.2 Å². The molecule has 0 saturated heterocycles. The van der Waals surface area contributed by atoms with E-state index in [4.69, 9.17) is 18.9 Å². The van der Waals surface area contributed by atoms with Crippen molar-refractivity contribution in [1.82, 2.24) is 5.32 Å². The van der Waals surface area contributed by atoms with Crippen molar-refractivity contribution in [2.24, 2.45) is 0 Å². The number of methoxy groups -OCH3 is 2. The van der Waals surface area contributed by atoms with Crippen molar-refractivity contribution in [2.75, 3.05) is 27.4 Å². The first kappa shape index (κ1) is 27.3. The van der Waals surface area contributed by atoms with Crippen molar-refractivity contribution in [2.45, 2.75) is 58.3 Å². The number of hydrogen-bond acceptors (Lipinski definition) is 7. The molecule has 2 unspecified atom stereocenters. The van der Waals surface area contributed by atoms with E-state index in [1.54, 1.807) is 21.1 Å². The Morgan fingerprint density at radius 3 is 2.47 bits per heavy atom.